The van der Waals surface area contributed by atoms with Gasteiger partial charge in [0, 0.05) is 19.5 Å². The second-order valence-corrected chi connectivity index (χ2v) is 7.39. The highest BCUT2D eigenvalue weighted by atomic mass is 35.5. The van der Waals surface area contributed by atoms with E-state index in [-0.39, 0.29) is 17.7 Å². The zero-order valence-electron chi connectivity index (χ0n) is 15.3. The minimum atomic E-state index is -0.575. The van der Waals surface area contributed by atoms with Gasteiger partial charge in [-0.05, 0) is 35.7 Å². The van der Waals surface area contributed by atoms with Crippen LogP contribution in [0.4, 0.5) is 0 Å². The number of nitrogens with one attached hydrogen (secondary N) is 1. The molecule has 2 aromatic carbocycles. The van der Waals surface area contributed by atoms with Gasteiger partial charge in [0.2, 0.25) is 5.91 Å². The van der Waals surface area contributed by atoms with Crippen molar-refractivity contribution in [3.8, 4) is 0 Å². The second-order valence-electron chi connectivity index (χ2n) is 6.99. The van der Waals surface area contributed by atoms with Gasteiger partial charge in [0.15, 0.2) is 0 Å². The van der Waals surface area contributed by atoms with Crippen LogP contribution in [0.3, 0.4) is 0 Å². The van der Waals surface area contributed by atoms with Crippen LogP contribution >= 0.6 is 11.6 Å². The van der Waals surface area contributed by atoms with Crippen LogP contribution in [-0.4, -0.2) is 35.8 Å². The van der Waals surface area contributed by atoms with Gasteiger partial charge in [0.25, 0.3) is 5.91 Å². The molecule has 2 unspecified atom stereocenters. The van der Waals surface area contributed by atoms with Crippen molar-refractivity contribution in [1.29, 1.82) is 0 Å². The Morgan fingerprint density at radius 1 is 1.19 bits per heavy atom. The van der Waals surface area contributed by atoms with Crippen molar-refractivity contribution in [2.75, 3.05) is 13.1 Å². The maximum Gasteiger partial charge on any atom is 0.256 e. The molecule has 1 aliphatic heterocycles. The predicted octanol–water partition coefficient (Wildman–Crippen LogP) is 2.62. The molecule has 27 heavy (non-hydrogen) atoms. The summed E-state index contributed by atoms with van der Waals surface area (Å²) in [5, 5.41) is 3.33. The molecular formula is C21H24ClN3O2. The van der Waals surface area contributed by atoms with Crippen molar-refractivity contribution < 1.29 is 9.59 Å². The Hall–Kier alpha value is -2.37. The summed E-state index contributed by atoms with van der Waals surface area (Å²) in [4.78, 5) is 27.7. The molecule has 2 atom stereocenters. The van der Waals surface area contributed by atoms with Crippen molar-refractivity contribution in [2.24, 2.45) is 11.7 Å². The number of carbonyl (C=O) groups excluding carboxylic acids is 2. The van der Waals surface area contributed by atoms with Crippen LogP contribution < -0.4 is 11.1 Å². The molecule has 3 rings (SSSR count). The SMILES string of the molecule is CC(CN)CNC(=O)C1Cc2ccccc2CN1C(=O)c1ccccc1Cl. The zero-order chi connectivity index (χ0) is 19.4. The van der Waals surface area contributed by atoms with E-state index >= 15 is 0 Å². The third-order valence-corrected chi connectivity index (χ3v) is 5.27. The number of benzene rings is 2. The Bertz CT molecular complexity index is 840. The zero-order valence-corrected chi connectivity index (χ0v) is 16.1. The van der Waals surface area contributed by atoms with Gasteiger partial charge < -0.3 is 16.0 Å². The van der Waals surface area contributed by atoms with Gasteiger partial charge in [-0.1, -0.05) is 54.9 Å². The fourth-order valence-electron chi connectivity index (χ4n) is 3.24. The van der Waals surface area contributed by atoms with Gasteiger partial charge in [-0.15, -0.1) is 0 Å². The highest BCUT2D eigenvalue weighted by molar-refractivity contribution is 6.33. The molecule has 0 saturated carbocycles. The van der Waals surface area contributed by atoms with E-state index in [1.165, 1.54) is 0 Å². The van der Waals surface area contributed by atoms with Crippen molar-refractivity contribution in [1.82, 2.24) is 10.2 Å². The van der Waals surface area contributed by atoms with E-state index in [9.17, 15) is 9.59 Å². The molecular weight excluding hydrogens is 362 g/mol. The lowest BCUT2D eigenvalue weighted by Gasteiger charge is -2.36. The molecule has 0 bridgehead atoms. The smallest absolute Gasteiger partial charge is 0.256 e. The van der Waals surface area contributed by atoms with Crippen LogP contribution in [0, 0.1) is 5.92 Å². The van der Waals surface area contributed by atoms with Crippen molar-refractivity contribution in [2.45, 2.75) is 25.9 Å². The highest BCUT2D eigenvalue weighted by Gasteiger charge is 2.35. The molecule has 1 heterocycles. The van der Waals surface area contributed by atoms with Gasteiger partial charge in [0.1, 0.15) is 6.04 Å². The van der Waals surface area contributed by atoms with Gasteiger partial charge in [-0.25, -0.2) is 0 Å². The van der Waals surface area contributed by atoms with E-state index in [0.717, 1.165) is 11.1 Å². The van der Waals surface area contributed by atoms with Crippen LogP contribution in [0.5, 0.6) is 0 Å². The number of hydrogen-bond donors (Lipinski definition) is 2. The lowest BCUT2D eigenvalue weighted by molar-refractivity contribution is -0.126. The Labute approximate surface area is 164 Å². The molecule has 0 fully saturated rings. The Kier molecular flexibility index (Phi) is 6.14. The summed E-state index contributed by atoms with van der Waals surface area (Å²) in [5.74, 6) is -0.218. The Morgan fingerprint density at radius 2 is 1.85 bits per heavy atom. The highest BCUT2D eigenvalue weighted by Crippen LogP contribution is 2.27. The third kappa shape index (κ3) is 4.31. The number of hydrogen-bond acceptors (Lipinski definition) is 3. The maximum absolute atomic E-state index is 13.2. The maximum atomic E-state index is 13.2. The number of fused-ring (bicyclic) bond motifs is 1. The van der Waals surface area contributed by atoms with E-state index in [0.29, 0.717) is 36.6 Å². The van der Waals surface area contributed by atoms with Crippen LogP contribution in [0.2, 0.25) is 5.02 Å². The number of amides is 2. The summed E-state index contributed by atoms with van der Waals surface area (Å²) in [5.41, 5.74) is 8.19. The monoisotopic (exact) mass is 385 g/mol. The number of rotatable bonds is 5. The number of nitrogens with two attached hydrogens (primary N) is 1. The fraction of sp³-hybridized carbons (Fsp3) is 0.333. The van der Waals surface area contributed by atoms with Crippen LogP contribution in [0.15, 0.2) is 48.5 Å². The summed E-state index contributed by atoms with van der Waals surface area (Å²) in [7, 11) is 0. The van der Waals surface area contributed by atoms with Crippen LogP contribution in [-0.2, 0) is 17.8 Å². The van der Waals surface area contributed by atoms with E-state index in [1.807, 2.05) is 31.2 Å². The molecule has 2 amide bonds. The lowest BCUT2D eigenvalue weighted by Crippen LogP contribution is -2.53. The van der Waals surface area contributed by atoms with Crippen LogP contribution in [0.1, 0.15) is 28.4 Å². The summed E-state index contributed by atoms with van der Waals surface area (Å²) in [6.45, 7) is 3.34. The molecule has 142 valence electrons. The average molecular weight is 386 g/mol. The summed E-state index contributed by atoms with van der Waals surface area (Å²) >= 11 is 6.23. The Morgan fingerprint density at radius 3 is 2.56 bits per heavy atom. The molecule has 0 radical (unpaired) electrons. The average Bonchev–Trinajstić information content (AvgIpc) is 2.70. The molecule has 3 N–H and O–H groups in total. The topological polar surface area (TPSA) is 75.4 Å². The molecule has 5 nitrogen and oxygen atoms in total. The van der Waals surface area contributed by atoms with Gasteiger partial charge in [0.05, 0.1) is 10.6 Å². The standard InChI is InChI=1S/C21H24ClN3O2/c1-14(11-23)12-24-20(26)19-10-15-6-2-3-7-16(15)13-25(19)21(27)17-8-4-5-9-18(17)22/h2-9,14,19H,10-13,23H2,1H3,(H,24,26). The van der Waals surface area contributed by atoms with Crippen molar-refractivity contribution in [3.63, 3.8) is 0 Å². The predicted molar refractivity (Wildman–Crippen MR) is 106 cm³/mol. The lowest BCUT2D eigenvalue weighted by atomic mass is 9.92. The van der Waals surface area contributed by atoms with Crippen molar-refractivity contribution in [3.05, 3.63) is 70.2 Å². The van der Waals surface area contributed by atoms with E-state index in [4.69, 9.17) is 17.3 Å². The van der Waals surface area contributed by atoms with Gasteiger partial charge in [-0.3, -0.25) is 9.59 Å². The largest absolute Gasteiger partial charge is 0.354 e. The molecule has 0 aromatic heterocycles. The second kappa shape index (κ2) is 8.55. The molecule has 6 heteroatoms. The normalized spacial score (nSPS) is 17.1. The molecule has 0 aliphatic carbocycles. The van der Waals surface area contributed by atoms with Crippen molar-refractivity contribution >= 4 is 23.4 Å². The minimum Gasteiger partial charge on any atom is -0.354 e. The first-order valence-corrected chi connectivity index (χ1v) is 9.49. The van der Waals surface area contributed by atoms with Gasteiger partial charge >= 0.3 is 0 Å². The summed E-state index contributed by atoms with van der Waals surface area (Å²) in [6, 6.07) is 14.3. The van der Waals surface area contributed by atoms with Gasteiger partial charge in [-0.2, -0.15) is 0 Å². The molecule has 2 aromatic rings. The molecule has 0 spiro atoms. The molecule has 1 aliphatic rings. The number of nitrogens with zero attached hydrogens (tertiary/aromatic N) is 1. The first-order chi connectivity index (χ1) is 13.0. The van der Waals surface area contributed by atoms with E-state index < -0.39 is 6.04 Å². The minimum absolute atomic E-state index is 0.162. The third-order valence-electron chi connectivity index (χ3n) is 4.94. The van der Waals surface area contributed by atoms with Crippen LogP contribution in [0.25, 0.3) is 0 Å². The van der Waals surface area contributed by atoms with E-state index in [1.54, 1.807) is 29.2 Å². The fourth-order valence-corrected chi connectivity index (χ4v) is 3.45. The first-order valence-electron chi connectivity index (χ1n) is 9.11. The molecule has 0 saturated heterocycles. The number of halogens is 1. The first kappa shape index (κ1) is 19.4. The van der Waals surface area contributed by atoms with E-state index in [2.05, 4.69) is 5.32 Å². The summed E-state index contributed by atoms with van der Waals surface area (Å²) in [6.07, 6.45) is 0.481. The summed E-state index contributed by atoms with van der Waals surface area (Å²) < 4.78 is 0. The number of carbonyl (C=O) groups is 2. The Balaban J connectivity index is 1.89. The quantitative estimate of drug-likeness (QED) is 0.830.